The molecule has 0 aliphatic rings. The van der Waals surface area contributed by atoms with Crippen LogP contribution in [0.15, 0.2) is 30.8 Å². The van der Waals surface area contributed by atoms with Crippen LogP contribution < -0.4 is 0 Å². The lowest BCUT2D eigenvalue weighted by molar-refractivity contribution is 0.475. The Labute approximate surface area is 66.4 Å². The normalized spacial score (nSPS) is 8.00. The fraction of sp³-hybridized carbons (Fsp3) is 0. The maximum atomic E-state index is 8.82. The van der Waals surface area contributed by atoms with Crippen LogP contribution in [0.2, 0.25) is 0 Å². The van der Waals surface area contributed by atoms with Gasteiger partial charge in [-0.1, -0.05) is 24.8 Å². The number of rotatable bonds is 1. The van der Waals surface area contributed by atoms with E-state index >= 15 is 0 Å². The van der Waals surface area contributed by atoms with E-state index < -0.39 is 0 Å². The van der Waals surface area contributed by atoms with E-state index in [4.69, 9.17) is 5.11 Å². The number of aromatic hydroxyl groups is 1. The van der Waals surface area contributed by atoms with Crippen molar-refractivity contribution in [1.29, 1.82) is 0 Å². The van der Waals surface area contributed by atoms with Gasteiger partial charge in [0.15, 0.2) is 0 Å². The second-order valence-corrected chi connectivity index (χ2v) is 1.80. The van der Waals surface area contributed by atoms with Crippen molar-refractivity contribution < 1.29 is 5.11 Å². The van der Waals surface area contributed by atoms with Crippen LogP contribution in [0.1, 0.15) is 5.56 Å². The van der Waals surface area contributed by atoms with Crippen molar-refractivity contribution in [2.75, 3.05) is 0 Å². The molecule has 0 amide bonds. The average molecular weight is 157 g/mol. The highest BCUT2D eigenvalue weighted by Crippen LogP contribution is 2.09. The van der Waals surface area contributed by atoms with Crippen LogP contribution in [0.4, 0.5) is 0 Å². The molecule has 1 N–H and O–H groups in total. The average Bonchev–Trinajstić information content (AvgIpc) is 1.90. The molecule has 0 spiro atoms. The Balaban J connectivity index is 0.000000810. The van der Waals surface area contributed by atoms with E-state index in [1.165, 1.54) is 0 Å². The first-order valence-electron chi connectivity index (χ1n) is 2.74. The minimum Gasteiger partial charge on any atom is -0.508 e. The minimum atomic E-state index is 0. The molecule has 0 aliphatic heterocycles. The van der Waals surface area contributed by atoms with Crippen molar-refractivity contribution in [3.8, 4) is 5.75 Å². The number of halogens is 1. The molecule has 1 aromatic rings. The number of phenols is 1. The molecule has 0 atom stereocenters. The third-order valence-corrected chi connectivity index (χ3v) is 1.13. The summed E-state index contributed by atoms with van der Waals surface area (Å²) in [6, 6.07) is 6.89. The summed E-state index contributed by atoms with van der Waals surface area (Å²) in [5, 5.41) is 8.82. The summed E-state index contributed by atoms with van der Waals surface area (Å²) in [6.45, 7) is 3.58. The van der Waals surface area contributed by atoms with E-state index in [0.717, 1.165) is 5.56 Å². The Kier molecular flexibility index (Phi) is 3.59. The van der Waals surface area contributed by atoms with Gasteiger partial charge in [-0.3, -0.25) is 0 Å². The maximum Gasteiger partial charge on any atom is 0.115 e. The van der Waals surface area contributed by atoms with Crippen molar-refractivity contribution in [3.05, 3.63) is 36.4 Å². The molecule has 0 bridgehead atoms. The van der Waals surface area contributed by atoms with Gasteiger partial charge in [0.2, 0.25) is 0 Å². The molecule has 0 saturated heterocycles. The van der Waals surface area contributed by atoms with Gasteiger partial charge in [0, 0.05) is 0 Å². The Morgan fingerprint density at radius 2 is 1.70 bits per heavy atom. The molecule has 1 rings (SSSR count). The Hall–Kier alpha value is -0.950. The first-order valence-corrected chi connectivity index (χ1v) is 2.74. The van der Waals surface area contributed by atoms with Gasteiger partial charge >= 0.3 is 0 Å². The van der Waals surface area contributed by atoms with Gasteiger partial charge in [-0.25, -0.2) is 0 Å². The fourth-order valence-electron chi connectivity index (χ4n) is 0.610. The highest BCUT2D eigenvalue weighted by molar-refractivity contribution is 5.85. The molecule has 0 unspecified atom stereocenters. The van der Waals surface area contributed by atoms with Crippen LogP contribution in [0.25, 0.3) is 6.08 Å². The summed E-state index contributed by atoms with van der Waals surface area (Å²) in [5.74, 6) is 0.292. The summed E-state index contributed by atoms with van der Waals surface area (Å²) in [5.41, 5.74) is 1.02. The molecule has 2 heteroatoms. The van der Waals surface area contributed by atoms with Crippen LogP contribution >= 0.6 is 12.4 Å². The molecule has 0 aromatic heterocycles. The molecular formula is C8H9ClO. The zero-order valence-corrected chi connectivity index (χ0v) is 6.27. The first-order chi connectivity index (χ1) is 4.33. The van der Waals surface area contributed by atoms with E-state index in [1.54, 1.807) is 18.2 Å². The molecular weight excluding hydrogens is 148 g/mol. The van der Waals surface area contributed by atoms with Crippen LogP contribution in [0, 0.1) is 0 Å². The molecule has 54 valence electrons. The predicted molar refractivity (Wildman–Crippen MR) is 45.4 cm³/mol. The van der Waals surface area contributed by atoms with Gasteiger partial charge in [-0.15, -0.1) is 12.4 Å². The Morgan fingerprint density at radius 3 is 2.10 bits per heavy atom. The smallest absolute Gasteiger partial charge is 0.115 e. The number of hydrogen-bond donors (Lipinski definition) is 1. The lowest BCUT2D eigenvalue weighted by atomic mass is 10.2. The Morgan fingerprint density at radius 1 is 1.20 bits per heavy atom. The first kappa shape index (κ1) is 9.05. The minimum absolute atomic E-state index is 0. The standard InChI is InChI=1S/C8H8O.ClH/c1-2-7-3-5-8(9)6-4-7;/h2-6,9H,1H2;1H. The van der Waals surface area contributed by atoms with Crippen molar-refractivity contribution in [2.24, 2.45) is 0 Å². The molecule has 0 fully saturated rings. The van der Waals surface area contributed by atoms with E-state index in [1.807, 2.05) is 12.1 Å². The molecule has 0 heterocycles. The van der Waals surface area contributed by atoms with E-state index in [-0.39, 0.29) is 12.4 Å². The van der Waals surface area contributed by atoms with Crippen LogP contribution in [0.5, 0.6) is 5.75 Å². The fourth-order valence-corrected chi connectivity index (χ4v) is 0.610. The van der Waals surface area contributed by atoms with Gasteiger partial charge in [-0.2, -0.15) is 0 Å². The largest absolute Gasteiger partial charge is 0.508 e. The van der Waals surface area contributed by atoms with Gasteiger partial charge in [0.05, 0.1) is 0 Å². The quantitative estimate of drug-likeness (QED) is 0.662. The topological polar surface area (TPSA) is 20.2 Å². The molecule has 0 radical (unpaired) electrons. The predicted octanol–water partition coefficient (Wildman–Crippen LogP) is 2.46. The van der Waals surface area contributed by atoms with Gasteiger partial charge in [-0.05, 0) is 17.7 Å². The van der Waals surface area contributed by atoms with E-state index in [2.05, 4.69) is 6.58 Å². The summed E-state index contributed by atoms with van der Waals surface area (Å²) in [4.78, 5) is 0. The van der Waals surface area contributed by atoms with Gasteiger partial charge < -0.3 is 5.11 Å². The summed E-state index contributed by atoms with van der Waals surface area (Å²) < 4.78 is 0. The monoisotopic (exact) mass is 156 g/mol. The Bertz CT molecular complexity index is 203. The molecule has 1 aromatic carbocycles. The SMILES string of the molecule is C=Cc1ccc(O)cc1.Cl. The summed E-state index contributed by atoms with van der Waals surface area (Å²) in [7, 11) is 0. The number of phenolic OH excluding ortho intramolecular Hbond substituents is 1. The van der Waals surface area contributed by atoms with Crippen molar-refractivity contribution in [1.82, 2.24) is 0 Å². The highest BCUT2D eigenvalue weighted by Gasteiger charge is 1.84. The van der Waals surface area contributed by atoms with Crippen LogP contribution in [-0.2, 0) is 0 Å². The van der Waals surface area contributed by atoms with Gasteiger partial charge in [0.25, 0.3) is 0 Å². The molecule has 10 heavy (non-hydrogen) atoms. The lowest BCUT2D eigenvalue weighted by Gasteiger charge is -1.90. The van der Waals surface area contributed by atoms with Crippen LogP contribution in [0.3, 0.4) is 0 Å². The molecule has 0 saturated carbocycles. The summed E-state index contributed by atoms with van der Waals surface area (Å²) in [6.07, 6.45) is 1.74. The molecule has 0 aliphatic carbocycles. The lowest BCUT2D eigenvalue weighted by Crippen LogP contribution is -1.67. The van der Waals surface area contributed by atoms with Crippen molar-refractivity contribution >= 4 is 18.5 Å². The van der Waals surface area contributed by atoms with Gasteiger partial charge in [0.1, 0.15) is 5.75 Å². The number of benzene rings is 1. The van der Waals surface area contributed by atoms with E-state index in [0.29, 0.717) is 5.75 Å². The third-order valence-electron chi connectivity index (χ3n) is 1.13. The van der Waals surface area contributed by atoms with E-state index in [9.17, 15) is 0 Å². The zero-order valence-electron chi connectivity index (χ0n) is 5.45. The van der Waals surface area contributed by atoms with Crippen molar-refractivity contribution in [3.63, 3.8) is 0 Å². The highest BCUT2D eigenvalue weighted by atomic mass is 35.5. The number of hydrogen-bond acceptors (Lipinski definition) is 1. The second kappa shape index (κ2) is 3.96. The zero-order chi connectivity index (χ0) is 6.69. The maximum absolute atomic E-state index is 8.82. The van der Waals surface area contributed by atoms with Crippen molar-refractivity contribution in [2.45, 2.75) is 0 Å². The van der Waals surface area contributed by atoms with Crippen LogP contribution in [-0.4, -0.2) is 5.11 Å². The molecule has 1 nitrogen and oxygen atoms in total. The second-order valence-electron chi connectivity index (χ2n) is 1.80. The summed E-state index contributed by atoms with van der Waals surface area (Å²) >= 11 is 0. The third kappa shape index (κ3) is 2.11.